The molecular weight excluding hydrogens is 646 g/mol. The van der Waals surface area contributed by atoms with Crippen molar-refractivity contribution < 1.29 is 30.4 Å². The molecule has 0 amide bonds. The molecule has 0 fully saturated rings. The molecule has 0 bridgehead atoms. The summed E-state index contributed by atoms with van der Waals surface area (Å²) >= 11 is 0. The maximum Gasteiger partial charge on any atom is 2.00 e. The number of benzene rings is 3. The minimum Gasteiger partial charge on any atom is -0.460 e. The van der Waals surface area contributed by atoms with Crippen LogP contribution in [0.2, 0.25) is 0 Å². The number of pyridine rings is 2. The van der Waals surface area contributed by atoms with Gasteiger partial charge in [0.25, 0.3) is 0 Å². The normalized spacial score (nSPS) is 15.5. The zero-order chi connectivity index (χ0) is 24.0. The maximum absolute atomic E-state index is 14.9. The number of rotatable bonds is 4. The van der Waals surface area contributed by atoms with Crippen LogP contribution in [-0.2, 0) is 25.6 Å². The molecular formula is C30H21N2O2PPt. The van der Waals surface area contributed by atoms with Crippen LogP contribution in [0.5, 0.6) is 11.6 Å². The molecule has 36 heavy (non-hydrogen) atoms. The van der Waals surface area contributed by atoms with Crippen molar-refractivity contribution in [3.63, 3.8) is 0 Å². The second-order valence-electron chi connectivity index (χ2n) is 8.61. The summed E-state index contributed by atoms with van der Waals surface area (Å²) in [5.74, 6) is 1.07. The van der Waals surface area contributed by atoms with Crippen molar-refractivity contribution in [1.82, 2.24) is 9.97 Å². The topological polar surface area (TPSA) is 52.1 Å². The average molecular weight is 668 g/mol. The largest absolute Gasteiger partial charge is 2.00 e. The Morgan fingerprint density at radius 2 is 1.61 bits per heavy atom. The fourth-order valence-corrected chi connectivity index (χ4v) is 7.69. The molecule has 0 radical (unpaired) electrons. The molecule has 178 valence electrons. The standard InChI is InChI=1S/C30H21N2O2P.Pt/c1-20-14-16-31-29(17-20)34-24-9-5-8-22(18-24)23-12-13-26-25-10-3-4-11-27(25)35(33,28(26)19-23)30-21(2)7-6-15-32-30;/h3-17H,1-2H3;/q-2;+2. The summed E-state index contributed by atoms with van der Waals surface area (Å²) in [6.07, 6.45) is 3.43. The number of fused-ring (bicyclic) bond motifs is 3. The fourth-order valence-electron chi connectivity index (χ4n) is 4.57. The van der Waals surface area contributed by atoms with Crippen LogP contribution < -0.4 is 20.8 Å². The fraction of sp³-hybridized carbons (Fsp3) is 0.0667. The van der Waals surface area contributed by atoms with Crippen molar-refractivity contribution in [2.24, 2.45) is 0 Å². The van der Waals surface area contributed by atoms with Crippen LogP contribution >= 0.6 is 7.14 Å². The van der Waals surface area contributed by atoms with Gasteiger partial charge in [0, 0.05) is 29.5 Å². The molecule has 0 N–H and O–H groups in total. The predicted molar refractivity (Wildman–Crippen MR) is 140 cm³/mol. The van der Waals surface area contributed by atoms with Gasteiger partial charge in [0.05, 0.1) is 0 Å². The number of aromatic nitrogens is 2. The van der Waals surface area contributed by atoms with Crippen LogP contribution in [0.25, 0.3) is 22.3 Å². The van der Waals surface area contributed by atoms with Gasteiger partial charge in [-0.15, -0.1) is 18.2 Å². The summed E-state index contributed by atoms with van der Waals surface area (Å²) in [6.45, 7) is 3.95. The third kappa shape index (κ3) is 4.05. The van der Waals surface area contributed by atoms with Gasteiger partial charge in [0.15, 0.2) is 7.14 Å². The van der Waals surface area contributed by atoms with E-state index in [4.69, 9.17) is 4.74 Å². The Bertz CT molecular complexity index is 1650. The third-order valence-electron chi connectivity index (χ3n) is 6.22. The van der Waals surface area contributed by atoms with E-state index in [0.29, 0.717) is 22.4 Å². The Kier molecular flexibility index (Phi) is 6.51. The Morgan fingerprint density at radius 3 is 2.44 bits per heavy atom. The van der Waals surface area contributed by atoms with Crippen LogP contribution in [0, 0.1) is 26.0 Å². The van der Waals surface area contributed by atoms with Gasteiger partial charge >= 0.3 is 21.1 Å². The van der Waals surface area contributed by atoms with Crippen LogP contribution in [-0.4, -0.2) is 9.97 Å². The number of ether oxygens (including phenoxy) is 1. The zero-order valence-electron chi connectivity index (χ0n) is 19.6. The smallest absolute Gasteiger partial charge is 0.460 e. The number of hydrogen-bond acceptors (Lipinski definition) is 4. The molecule has 0 saturated heterocycles. The van der Waals surface area contributed by atoms with E-state index in [1.54, 1.807) is 12.4 Å². The van der Waals surface area contributed by atoms with E-state index in [9.17, 15) is 4.57 Å². The molecule has 0 spiro atoms. The van der Waals surface area contributed by atoms with Crippen molar-refractivity contribution >= 4 is 23.2 Å². The maximum atomic E-state index is 14.9. The molecule has 6 heteroatoms. The van der Waals surface area contributed by atoms with E-state index in [-0.39, 0.29) is 21.1 Å². The molecule has 4 nitrogen and oxygen atoms in total. The van der Waals surface area contributed by atoms with Crippen molar-refractivity contribution in [3.8, 4) is 33.9 Å². The zero-order valence-corrected chi connectivity index (χ0v) is 22.8. The molecule has 1 aliphatic rings. The van der Waals surface area contributed by atoms with Crippen molar-refractivity contribution in [1.29, 1.82) is 0 Å². The van der Waals surface area contributed by atoms with Gasteiger partial charge in [-0.25, -0.2) is 16.1 Å². The Labute approximate surface area is 225 Å². The van der Waals surface area contributed by atoms with Gasteiger partial charge < -0.3 is 9.30 Å². The van der Waals surface area contributed by atoms with Crippen LogP contribution in [0.3, 0.4) is 0 Å². The minimum absolute atomic E-state index is 0. The third-order valence-corrected chi connectivity index (χ3v) is 9.33. The SMILES string of the molecule is Cc1ccnc(Oc2[c-]c(-c3[c-]c4c(cc3)-c3ccccc3P4(=O)c3ncccc3C)ccc2)c1.[Pt+2]. The molecule has 6 rings (SSSR count). The predicted octanol–water partition coefficient (Wildman–Crippen LogP) is 5.77. The van der Waals surface area contributed by atoms with Crippen molar-refractivity contribution in [2.75, 3.05) is 0 Å². The van der Waals surface area contributed by atoms with Gasteiger partial charge in [0.2, 0.25) is 5.88 Å². The van der Waals surface area contributed by atoms with E-state index in [1.165, 1.54) is 0 Å². The summed E-state index contributed by atoms with van der Waals surface area (Å²) in [5.41, 5.74) is 6.11. The average Bonchev–Trinajstić information content (AvgIpc) is 3.13. The molecule has 0 saturated carbocycles. The van der Waals surface area contributed by atoms with Crippen molar-refractivity contribution in [3.05, 3.63) is 115 Å². The summed E-state index contributed by atoms with van der Waals surface area (Å²) < 4.78 is 20.8. The van der Waals surface area contributed by atoms with Crippen LogP contribution in [0.4, 0.5) is 0 Å². The van der Waals surface area contributed by atoms with Gasteiger partial charge in [0.1, 0.15) is 5.44 Å². The van der Waals surface area contributed by atoms with Gasteiger partial charge in [-0.05, 0) is 42.7 Å². The van der Waals surface area contributed by atoms with Gasteiger partial charge in [-0.2, -0.15) is 24.3 Å². The van der Waals surface area contributed by atoms with E-state index in [0.717, 1.165) is 38.7 Å². The molecule has 3 aromatic carbocycles. The summed E-state index contributed by atoms with van der Waals surface area (Å²) in [7, 11) is -3.18. The number of hydrogen-bond donors (Lipinski definition) is 0. The van der Waals surface area contributed by atoms with Crippen LogP contribution in [0.15, 0.2) is 91.3 Å². The molecule has 1 aliphatic heterocycles. The first-order valence-corrected chi connectivity index (χ1v) is 13.1. The van der Waals surface area contributed by atoms with E-state index in [2.05, 4.69) is 22.1 Å². The monoisotopic (exact) mass is 667 g/mol. The second kappa shape index (κ2) is 9.62. The van der Waals surface area contributed by atoms with Crippen molar-refractivity contribution in [2.45, 2.75) is 13.8 Å². The van der Waals surface area contributed by atoms with E-state index < -0.39 is 7.14 Å². The molecule has 3 heterocycles. The minimum atomic E-state index is -3.18. The molecule has 1 atom stereocenters. The molecule has 5 aromatic rings. The van der Waals surface area contributed by atoms with Gasteiger partial charge in [-0.1, -0.05) is 41.2 Å². The first-order valence-electron chi connectivity index (χ1n) is 11.4. The summed E-state index contributed by atoms with van der Waals surface area (Å²) in [4.78, 5) is 8.86. The molecule has 2 aromatic heterocycles. The molecule has 1 unspecified atom stereocenters. The summed E-state index contributed by atoms with van der Waals surface area (Å²) in [5, 5.41) is 1.51. The number of nitrogens with zero attached hydrogens (tertiary/aromatic N) is 2. The molecule has 0 aliphatic carbocycles. The number of aryl methyl sites for hydroxylation is 2. The second-order valence-corrected chi connectivity index (χ2v) is 11.2. The Hall–Kier alpha value is -3.32. The van der Waals surface area contributed by atoms with E-state index in [1.807, 2.05) is 92.7 Å². The van der Waals surface area contributed by atoms with Gasteiger partial charge in [-0.3, -0.25) is 4.98 Å². The Morgan fingerprint density at radius 1 is 0.778 bits per heavy atom. The first-order chi connectivity index (χ1) is 17.0. The quantitative estimate of drug-likeness (QED) is 0.177. The summed E-state index contributed by atoms with van der Waals surface area (Å²) in [6, 6.07) is 32.1. The van der Waals surface area contributed by atoms with E-state index >= 15 is 0 Å². The first kappa shape index (κ1) is 24.4. The Balaban J connectivity index is 0.00000267. The van der Waals surface area contributed by atoms with Crippen LogP contribution in [0.1, 0.15) is 11.1 Å².